The summed E-state index contributed by atoms with van der Waals surface area (Å²) >= 11 is 0. The van der Waals surface area contributed by atoms with E-state index in [0.29, 0.717) is 12.3 Å². The molecule has 2 heterocycles. The Balaban J connectivity index is 1.79. The largest absolute Gasteiger partial charge is 0.345 e. The van der Waals surface area contributed by atoms with Crippen molar-refractivity contribution in [2.24, 2.45) is 0 Å². The minimum atomic E-state index is -0.299. The van der Waals surface area contributed by atoms with E-state index in [9.17, 15) is 4.79 Å². The molecule has 118 valence electrons. The fourth-order valence-corrected chi connectivity index (χ4v) is 2.56. The van der Waals surface area contributed by atoms with Gasteiger partial charge < -0.3 is 5.32 Å². The van der Waals surface area contributed by atoms with Crippen molar-refractivity contribution in [1.29, 1.82) is 0 Å². The third kappa shape index (κ3) is 3.06. The molecular weight excluding hydrogens is 290 g/mol. The first-order valence-corrected chi connectivity index (χ1v) is 7.49. The monoisotopic (exact) mass is 309 g/mol. The molecule has 3 aromatic rings. The molecule has 0 fully saturated rings. The summed E-state index contributed by atoms with van der Waals surface area (Å²) in [6.45, 7) is 8.34. The van der Waals surface area contributed by atoms with Crippen LogP contribution in [0.4, 0.5) is 0 Å². The lowest BCUT2D eigenvalue weighted by Gasteiger charge is -2.07. The molecule has 1 N–H and O–H groups in total. The molecule has 1 amide bonds. The Labute approximate surface area is 134 Å². The number of rotatable bonds is 3. The molecule has 23 heavy (non-hydrogen) atoms. The van der Waals surface area contributed by atoms with E-state index in [1.165, 1.54) is 5.56 Å². The highest BCUT2D eigenvalue weighted by atomic mass is 16.2. The molecule has 2 aromatic heterocycles. The molecule has 0 aliphatic heterocycles. The number of hydrogen-bond acceptors (Lipinski definition) is 4. The predicted molar refractivity (Wildman–Crippen MR) is 87.3 cm³/mol. The van der Waals surface area contributed by atoms with E-state index >= 15 is 0 Å². The lowest BCUT2D eigenvalue weighted by molar-refractivity contribution is 0.0940. The molecule has 0 atom stereocenters. The zero-order chi connectivity index (χ0) is 16.6. The summed E-state index contributed by atoms with van der Waals surface area (Å²) in [5.41, 5.74) is 5.19. The molecule has 0 spiro atoms. The normalized spacial score (nSPS) is 11.0. The van der Waals surface area contributed by atoms with Gasteiger partial charge in [0, 0.05) is 17.9 Å². The predicted octanol–water partition coefficient (Wildman–Crippen LogP) is 2.29. The lowest BCUT2D eigenvalue weighted by atomic mass is 10.1. The van der Waals surface area contributed by atoms with Crippen LogP contribution in [0.3, 0.4) is 0 Å². The first kappa shape index (κ1) is 15.1. The number of amides is 1. The van der Waals surface area contributed by atoms with E-state index in [0.717, 1.165) is 22.5 Å². The van der Waals surface area contributed by atoms with Gasteiger partial charge >= 0.3 is 0 Å². The maximum atomic E-state index is 12.3. The Hall–Kier alpha value is -2.76. The van der Waals surface area contributed by atoms with Crippen LogP contribution < -0.4 is 5.32 Å². The molecular formula is C17H19N5O. The van der Waals surface area contributed by atoms with Gasteiger partial charge in [-0.05, 0) is 44.9 Å². The van der Waals surface area contributed by atoms with Gasteiger partial charge in [0.2, 0.25) is 5.82 Å². The highest BCUT2D eigenvalue weighted by molar-refractivity contribution is 5.90. The molecule has 3 rings (SSSR count). The minimum absolute atomic E-state index is 0.135. The van der Waals surface area contributed by atoms with E-state index < -0.39 is 0 Å². The summed E-state index contributed by atoms with van der Waals surface area (Å²) in [6, 6.07) is 8.06. The summed E-state index contributed by atoms with van der Waals surface area (Å²) < 4.78 is 1.58. The van der Waals surface area contributed by atoms with E-state index in [-0.39, 0.29) is 11.7 Å². The number of aromatic nitrogens is 4. The maximum absolute atomic E-state index is 12.3. The standard InChI is InChI=1S/C17H19N5O/c1-10-5-6-14(11(2)7-10)9-18-16(23)15-20-17-19-12(3)8-13(4)22(17)21-15/h5-8H,9H2,1-4H3,(H,18,23). The van der Waals surface area contributed by atoms with Gasteiger partial charge in [-0.1, -0.05) is 23.8 Å². The van der Waals surface area contributed by atoms with Gasteiger partial charge in [-0.25, -0.2) is 9.50 Å². The van der Waals surface area contributed by atoms with Gasteiger partial charge in [0.05, 0.1) is 0 Å². The smallest absolute Gasteiger partial charge is 0.291 e. The number of aryl methyl sites for hydroxylation is 4. The Morgan fingerprint density at radius 2 is 1.91 bits per heavy atom. The van der Waals surface area contributed by atoms with Crippen LogP contribution in [0.15, 0.2) is 24.3 Å². The molecule has 1 aromatic carbocycles. The van der Waals surface area contributed by atoms with Crippen molar-refractivity contribution in [3.05, 3.63) is 58.2 Å². The number of nitrogens with one attached hydrogen (secondary N) is 1. The van der Waals surface area contributed by atoms with Crippen LogP contribution in [0.5, 0.6) is 0 Å². The number of carbonyl (C=O) groups excluding carboxylic acids is 1. The van der Waals surface area contributed by atoms with Crippen molar-refractivity contribution >= 4 is 11.7 Å². The quantitative estimate of drug-likeness (QED) is 0.805. The summed E-state index contributed by atoms with van der Waals surface area (Å²) in [5, 5.41) is 7.10. The van der Waals surface area contributed by atoms with E-state index in [1.54, 1.807) is 4.52 Å². The van der Waals surface area contributed by atoms with Crippen molar-refractivity contribution in [2.75, 3.05) is 0 Å². The van der Waals surface area contributed by atoms with Crippen LogP contribution in [0, 0.1) is 27.7 Å². The molecule has 0 saturated carbocycles. The van der Waals surface area contributed by atoms with Crippen LogP contribution >= 0.6 is 0 Å². The van der Waals surface area contributed by atoms with Crippen LogP contribution in [-0.4, -0.2) is 25.5 Å². The van der Waals surface area contributed by atoms with Crippen molar-refractivity contribution < 1.29 is 4.79 Å². The van der Waals surface area contributed by atoms with Gasteiger partial charge in [-0.2, -0.15) is 4.98 Å². The molecule has 0 saturated heterocycles. The second-order valence-electron chi connectivity index (χ2n) is 5.80. The maximum Gasteiger partial charge on any atom is 0.291 e. The Kier molecular flexibility index (Phi) is 3.82. The van der Waals surface area contributed by atoms with Gasteiger partial charge in [0.25, 0.3) is 11.7 Å². The Morgan fingerprint density at radius 3 is 2.65 bits per heavy atom. The third-order valence-corrected chi connectivity index (χ3v) is 3.76. The Morgan fingerprint density at radius 1 is 1.13 bits per heavy atom. The van der Waals surface area contributed by atoms with Crippen LogP contribution in [0.25, 0.3) is 5.78 Å². The average molecular weight is 309 g/mol. The minimum Gasteiger partial charge on any atom is -0.345 e. The number of hydrogen-bond donors (Lipinski definition) is 1. The fraction of sp³-hybridized carbons (Fsp3) is 0.294. The third-order valence-electron chi connectivity index (χ3n) is 3.76. The Bertz CT molecular complexity index is 897. The molecule has 6 heteroatoms. The van der Waals surface area contributed by atoms with Crippen LogP contribution in [0.1, 0.15) is 38.7 Å². The van der Waals surface area contributed by atoms with Crippen molar-refractivity contribution in [3.63, 3.8) is 0 Å². The zero-order valence-electron chi connectivity index (χ0n) is 13.7. The van der Waals surface area contributed by atoms with Crippen molar-refractivity contribution in [2.45, 2.75) is 34.2 Å². The molecule has 0 unspecified atom stereocenters. The lowest BCUT2D eigenvalue weighted by Crippen LogP contribution is -2.24. The number of carbonyl (C=O) groups is 1. The molecule has 6 nitrogen and oxygen atoms in total. The van der Waals surface area contributed by atoms with E-state index in [2.05, 4.69) is 26.4 Å². The van der Waals surface area contributed by atoms with Gasteiger partial charge in [0.1, 0.15) is 0 Å². The highest BCUT2D eigenvalue weighted by Gasteiger charge is 2.15. The molecule has 0 radical (unpaired) electrons. The van der Waals surface area contributed by atoms with E-state index in [1.807, 2.05) is 45.9 Å². The zero-order valence-corrected chi connectivity index (χ0v) is 13.7. The highest BCUT2D eigenvalue weighted by Crippen LogP contribution is 2.10. The van der Waals surface area contributed by atoms with Gasteiger partial charge in [-0.3, -0.25) is 4.79 Å². The summed E-state index contributed by atoms with van der Waals surface area (Å²) in [5.74, 6) is 0.280. The summed E-state index contributed by atoms with van der Waals surface area (Å²) in [7, 11) is 0. The van der Waals surface area contributed by atoms with E-state index in [4.69, 9.17) is 0 Å². The second-order valence-corrected chi connectivity index (χ2v) is 5.80. The number of fused-ring (bicyclic) bond motifs is 1. The first-order chi connectivity index (χ1) is 10.9. The number of nitrogens with zero attached hydrogens (tertiary/aromatic N) is 4. The molecule has 0 aliphatic rings. The van der Waals surface area contributed by atoms with Crippen molar-refractivity contribution in [3.8, 4) is 0 Å². The summed E-state index contributed by atoms with van der Waals surface area (Å²) in [4.78, 5) is 20.8. The molecule has 0 aliphatic carbocycles. The topological polar surface area (TPSA) is 72.2 Å². The van der Waals surface area contributed by atoms with Crippen LogP contribution in [0.2, 0.25) is 0 Å². The molecule has 0 bridgehead atoms. The summed E-state index contributed by atoms with van der Waals surface area (Å²) in [6.07, 6.45) is 0. The number of benzene rings is 1. The first-order valence-electron chi connectivity index (χ1n) is 7.49. The van der Waals surface area contributed by atoms with Gasteiger partial charge in [-0.15, -0.1) is 5.10 Å². The van der Waals surface area contributed by atoms with Crippen LogP contribution in [-0.2, 0) is 6.54 Å². The average Bonchev–Trinajstić information content (AvgIpc) is 2.90. The fourth-order valence-electron chi connectivity index (χ4n) is 2.56. The SMILES string of the molecule is Cc1ccc(CNC(=O)c2nc3nc(C)cc(C)n3n2)c(C)c1. The van der Waals surface area contributed by atoms with Gasteiger partial charge in [0.15, 0.2) is 0 Å². The van der Waals surface area contributed by atoms with Crippen molar-refractivity contribution in [1.82, 2.24) is 24.9 Å². The second kappa shape index (κ2) is 5.79.